The Kier molecular flexibility index (Phi) is 6.75. The van der Waals surface area contributed by atoms with Crippen LogP contribution in [-0.4, -0.2) is 35.7 Å². The van der Waals surface area contributed by atoms with E-state index in [0.29, 0.717) is 0 Å². The van der Waals surface area contributed by atoms with Crippen LogP contribution in [0.1, 0.15) is 64.7 Å². The molecule has 1 aliphatic carbocycles. The van der Waals surface area contributed by atoms with E-state index in [9.17, 15) is 5.11 Å². The SMILES string of the molecule is CCCCCC#CC(N(C)C)C1(O)CCCCC1. The summed E-state index contributed by atoms with van der Waals surface area (Å²) in [7, 11) is 4.05. The van der Waals surface area contributed by atoms with Gasteiger partial charge in [-0.25, -0.2) is 0 Å². The predicted molar refractivity (Wildman–Crippen MR) is 77.4 cm³/mol. The van der Waals surface area contributed by atoms with Crippen LogP contribution in [0.3, 0.4) is 0 Å². The normalized spacial score (nSPS) is 20.3. The Bertz CT molecular complexity index is 281. The maximum absolute atomic E-state index is 10.8. The second-order valence-electron chi connectivity index (χ2n) is 5.81. The third-order valence-electron chi connectivity index (χ3n) is 3.89. The molecule has 0 aromatic carbocycles. The van der Waals surface area contributed by atoms with E-state index in [4.69, 9.17) is 0 Å². The summed E-state index contributed by atoms with van der Waals surface area (Å²) in [6.07, 6.45) is 9.98. The van der Waals surface area contributed by atoms with Crippen molar-refractivity contribution in [2.24, 2.45) is 0 Å². The second kappa shape index (κ2) is 7.81. The van der Waals surface area contributed by atoms with Crippen LogP contribution >= 0.6 is 0 Å². The molecule has 18 heavy (non-hydrogen) atoms. The molecule has 0 bridgehead atoms. The molecule has 1 atom stereocenters. The summed E-state index contributed by atoms with van der Waals surface area (Å²) >= 11 is 0. The summed E-state index contributed by atoms with van der Waals surface area (Å²) in [4.78, 5) is 2.08. The summed E-state index contributed by atoms with van der Waals surface area (Å²) in [5.41, 5.74) is -0.584. The third kappa shape index (κ3) is 4.63. The van der Waals surface area contributed by atoms with Crippen LogP contribution in [0.15, 0.2) is 0 Å². The highest BCUT2D eigenvalue weighted by Crippen LogP contribution is 2.32. The molecule has 2 nitrogen and oxygen atoms in total. The van der Waals surface area contributed by atoms with E-state index < -0.39 is 5.60 Å². The number of hydrogen-bond acceptors (Lipinski definition) is 2. The number of hydrogen-bond donors (Lipinski definition) is 1. The van der Waals surface area contributed by atoms with Crippen LogP contribution in [0.4, 0.5) is 0 Å². The van der Waals surface area contributed by atoms with Crippen LogP contribution in [0.25, 0.3) is 0 Å². The number of nitrogens with zero attached hydrogens (tertiary/aromatic N) is 1. The first-order valence-electron chi connectivity index (χ1n) is 7.47. The number of rotatable bonds is 5. The van der Waals surface area contributed by atoms with Gasteiger partial charge in [0.15, 0.2) is 0 Å². The van der Waals surface area contributed by atoms with E-state index in [2.05, 4.69) is 23.7 Å². The quantitative estimate of drug-likeness (QED) is 0.599. The largest absolute Gasteiger partial charge is 0.387 e. The molecular formula is C16H29NO. The zero-order valence-electron chi connectivity index (χ0n) is 12.3. The van der Waals surface area contributed by atoms with Gasteiger partial charge in [-0.05, 0) is 33.4 Å². The van der Waals surface area contributed by atoms with Gasteiger partial charge in [0.25, 0.3) is 0 Å². The van der Waals surface area contributed by atoms with Gasteiger partial charge in [0.2, 0.25) is 0 Å². The summed E-state index contributed by atoms with van der Waals surface area (Å²) in [6.45, 7) is 2.21. The standard InChI is InChI=1S/C16H29NO/c1-4-5-6-7-9-12-15(17(2)3)16(18)13-10-8-11-14-16/h15,18H,4-8,10-11,13-14H2,1-3H3. The highest BCUT2D eigenvalue weighted by Gasteiger charge is 2.38. The van der Waals surface area contributed by atoms with Crippen LogP contribution in [0.5, 0.6) is 0 Å². The van der Waals surface area contributed by atoms with Crippen LogP contribution in [-0.2, 0) is 0 Å². The van der Waals surface area contributed by atoms with Crippen molar-refractivity contribution >= 4 is 0 Å². The molecule has 0 spiro atoms. The summed E-state index contributed by atoms with van der Waals surface area (Å²) < 4.78 is 0. The van der Waals surface area contributed by atoms with E-state index in [-0.39, 0.29) is 6.04 Å². The minimum atomic E-state index is -0.584. The molecule has 0 aromatic rings. The van der Waals surface area contributed by atoms with E-state index in [1.807, 2.05) is 14.1 Å². The smallest absolute Gasteiger partial charge is 0.100 e. The van der Waals surface area contributed by atoms with Gasteiger partial charge in [-0.15, -0.1) is 5.92 Å². The molecule has 1 unspecified atom stereocenters. The van der Waals surface area contributed by atoms with Crippen molar-refractivity contribution in [2.45, 2.75) is 76.4 Å². The van der Waals surface area contributed by atoms with Gasteiger partial charge in [0, 0.05) is 6.42 Å². The topological polar surface area (TPSA) is 23.5 Å². The molecule has 0 heterocycles. The minimum absolute atomic E-state index is 0.000531. The molecule has 1 N–H and O–H groups in total. The molecule has 0 amide bonds. The fourth-order valence-electron chi connectivity index (χ4n) is 2.81. The lowest BCUT2D eigenvalue weighted by molar-refractivity contribution is -0.0402. The Morgan fingerprint density at radius 2 is 1.83 bits per heavy atom. The Hall–Kier alpha value is -0.520. The van der Waals surface area contributed by atoms with Gasteiger partial charge in [-0.1, -0.05) is 44.9 Å². The maximum Gasteiger partial charge on any atom is 0.100 e. The number of unbranched alkanes of at least 4 members (excludes halogenated alkanes) is 3. The van der Waals surface area contributed by atoms with Crippen LogP contribution in [0.2, 0.25) is 0 Å². The summed E-state index contributed by atoms with van der Waals surface area (Å²) in [6, 6.07) is -0.000531. The van der Waals surface area contributed by atoms with Gasteiger partial charge in [0.05, 0.1) is 5.60 Å². The van der Waals surface area contributed by atoms with Crippen molar-refractivity contribution in [3.63, 3.8) is 0 Å². The number of likely N-dealkylation sites (N-methyl/N-ethyl adjacent to an activating group) is 1. The lowest BCUT2D eigenvalue weighted by Crippen LogP contribution is -2.50. The Labute approximate surface area is 113 Å². The van der Waals surface area contributed by atoms with Crippen molar-refractivity contribution < 1.29 is 5.11 Å². The van der Waals surface area contributed by atoms with Gasteiger partial charge >= 0.3 is 0 Å². The first-order chi connectivity index (χ1) is 8.60. The lowest BCUT2D eigenvalue weighted by atomic mass is 9.79. The summed E-state index contributed by atoms with van der Waals surface area (Å²) in [5.74, 6) is 6.59. The average molecular weight is 251 g/mol. The third-order valence-corrected chi connectivity index (χ3v) is 3.89. The Morgan fingerprint density at radius 1 is 1.17 bits per heavy atom. The molecule has 0 saturated heterocycles. The average Bonchev–Trinajstić information content (AvgIpc) is 2.33. The number of aliphatic hydroxyl groups is 1. The molecule has 0 radical (unpaired) electrons. The molecule has 2 heteroatoms. The Balaban J connectivity index is 2.58. The molecule has 1 saturated carbocycles. The zero-order chi connectivity index (χ0) is 13.4. The van der Waals surface area contributed by atoms with Gasteiger partial charge < -0.3 is 5.11 Å². The molecule has 0 aromatic heterocycles. The highest BCUT2D eigenvalue weighted by molar-refractivity contribution is 5.15. The molecule has 104 valence electrons. The van der Waals surface area contributed by atoms with Crippen molar-refractivity contribution in [3.8, 4) is 11.8 Å². The van der Waals surface area contributed by atoms with Crippen molar-refractivity contribution in [1.29, 1.82) is 0 Å². The lowest BCUT2D eigenvalue weighted by Gasteiger charge is -2.39. The van der Waals surface area contributed by atoms with Crippen LogP contribution < -0.4 is 0 Å². The fourth-order valence-corrected chi connectivity index (χ4v) is 2.81. The molecule has 1 aliphatic rings. The van der Waals surface area contributed by atoms with E-state index in [1.54, 1.807) is 0 Å². The zero-order valence-corrected chi connectivity index (χ0v) is 12.3. The van der Waals surface area contributed by atoms with Crippen LogP contribution in [0, 0.1) is 11.8 Å². The monoisotopic (exact) mass is 251 g/mol. The van der Waals surface area contributed by atoms with Gasteiger partial charge in [-0.2, -0.15) is 0 Å². The van der Waals surface area contributed by atoms with Crippen molar-refractivity contribution in [2.75, 3.05) is 14.1 Å². The van der Waals surface area contributed by atoms with Crippen molar-refractivity contribution in [1.82, 2.24) is 4.90 Å². The first kappa shape index (κ1) is 15.5. The maximum atomic E-state index is 10.8. The second-order valence-corrected chi connectivity index (χ2v) is 5.81. The van der Waals surface area contributed by atoms with Gasteiger partial charge in [0.1, 0.15) is 6.04 Å². The van der Waals surface area contributed by atoms with Gasteiger partial charge in [-0.3, -0.25) is 4.90 Å². The highest BCUT2D eigenvalue weighted by atomic mass is 16.3. The molecule has 1 fully saturated rings. The Morgan fingerprint density at radius 3 is 2.39 bits per heavy atom. The van der Waals surface area contributed by atoms with E-state index >= 15 is 0 Å². The molecule has 0 aliphatic heterocycles. The van der Waals surface area contributed by atoms with E-state index in [0.717, 1.165) is 32.1 Å². The first-order valence-corrected chi connectivity index (χ1v) is 7.47. The van der Waals surface area contributed by atoms with E-state index in [1.165, 1.54) is 25.7 Å². The molecule has 1 rings (SSSR count). The predicted octanol–water partition coefficient (Wildman–Crippen LogP) is 3.20. The summed E-state index contributed by atoms with van der Waals surface area (Å²) in [5, 5.41) is 10.8. The minimum Gasteiger partial charge on any atom is -0.387 e. The fraction of sp³-hybridized carbons (Fsp3) is 0.875. The molecular weight excluding hydrogens is 222 g/mol. The van der Waals surface area contributed by atoms with Crippen molar-refractivity contribution in [3.05, 3.63) is 0 Å².